The van der Waals surface area contributed by atoms with Crippen molar-refractivity contribution < 1.29 is 14.5 Å². The summed E-state index contributed by atoms with van der Waals surface area (Å²) in [5.74, 6) is 2.71. The van der Waals surface area contributed by atoms with Crippen molar-refractivity contribution in [2.75, 3.05) is 37.6 Å². The van der Waals surface area contributed by atoms with Gasteiger partial charge in [-0.3, -0.25) is 5.73 Å². The molecule has 0 aliphatic rings. The Labute approximate surface area is 189 Å². The maximum Gasteiger partial charge on any atom is 0.387 e. The topological polar surface area (TPSA) is 96.4 Å². The molecule has 3 rings (SSSR count). The lowest BCUT2D eigenvalue weighted by Gasteiger charge is -2.15. The van der Waals surface area contributed by atoms with Crippen LogP contribution in [0.1, 0.15) is 13.8 Å². The second-order valence-corrected chi connectivity index (χ2v) is 9.15. The Morgan fingerprint density at radius 3 is 2.40 bits per heavy atom. The predicted molar refractivity (Wildman–Crippen MR) is 125 cm³/mol. The molecular weight excluding hydrogens is 445 g/mol. The number of ether oxygens (including phenoxy) is 2. The third-order valence-corrected chi connectivity index (χ3v) is 6.16. The standard InChI is InChI=1S/C20H23Cl2N5O2S/c1-10(2)30-6-5-24-19-18-11(9-25-20(23)27-18)7-12(26-19)15-16(21)13(28-3)8-14(29-4)17(15)22/h7-10H,5-6H2,1-4H3,(H,24,26)(H2,23,25,27)/p+1. The highest BCUT2D eigenvalue weighted by Gasteiger charge is 2.22. The molecule has 10 heteroatoms. The minimum absolute atomic E-state index is 0.302. The molecule has 30 heavy (non-hydrogen) atoms. The van der Waals surface area contributed by atoms with Crippen molar-refractivity contribution in [1.82, 2.24) is 9.97 Å². The van der Waals surface area contributed by atoms with Gasteiger partial charge in [0, 0.05) is 23.9 Å². The Balaban J connectivity index is 2.14. The number of fused-ring (bicyclic) bond motifs is 1. The van der Waals surface area contributed by atoms with Crippen molar-refractivity contribution in [2.45, 2.75) is 19.1 Å². The molecule has 4 N–H and O–H groups in total. The van der Waals surface area contributed by atoms with Crippen LogP contribution in [0.2, 0.25) is 10.0 Å². The second kappa shape index (κ2) is 9.76. The van der Waals surface area contributed by atoms with Crippen LogP contribution in [0.3, 0.4) is 0 Å². The lowest BCUT2D eigenvalue weighted by atomic mass is 10.1. The number of rotatable bonds is 8. The highest BCUT2D eigenvalue weighted by molar-refractivity contribution is 7.99. The zero-order valence-corrected chi connectivity index (χ0v) is 19.5. The van der Waals surface area contributed by atoms with Crippen molar-refractivity contribution in [2.24, 2.45) is 0 Å². The number of anilines is 2. The fraction of sp³-hybridized carbons (Fsp3) is 0.350. The van der Waals surface area contributed by atoms with Crippen LogP contribution in [0.25, 0.3) is 22.2 Å². The third-order valence-electron chi connectivity index (χ3n) is 4.31. The van der Waals surface area contributed by atoms with Crippen molar-refractivity contribution in [3.8, 4) is 22.8 Å². The number of thioether (sulfide) groups is 1. The van der Waals surface area contributed by atoms with Gasteiger partial charge in [-0.05, 0) is 11.3 Å². The van der Waals surface area contributed by atoms with E-state index in [0.29, 0.717) is 55.3 Å². The molecule has 2 heterocycles. The van der Waals surface area contributed by atoms with E-state index in [-0.39, 0.29) is 0 Å². The van der Waals surface area contributed by atoms with Crippen molar-refractivity contribution in [1.29, 1.82) is 0 Å². The van der Waals surface area contributed by atoms with Gasteiger partial charge >= 0.3 is 5.95 Å². The molecule has 2 aromatic heterocycles. The van der Waals surface area contributed by atoms with Gasteiger partial charge in [-0.1, -0.05) is 42.0 Å². The van der Waals surface area contributed by atoms with Crippen LogP contribution in [0.15, 0.2) is 18.3 Å². The summed E-state index contributed by atoms with van der Waals surface area (Å²) in [5, 5.41) is 5.42. The van der Waals surface area contributed by atoms with Gasteiger partial charge in [0.15, 0.2) is 11.3 Å². The zero-order valence-electron chi connectivity index (χ0n) is 17.2. The van der Waals surface area contributed by atoms with Gasteiger partial charge in [0.25, 0.3) is 0 Å². The van der Waals surface area contributed by atoms with Crippen molar-refractivity contribution in [3.63, 3.8) is 0 Å². The smallest absolute Gasteiger partial charge is 0.387 e. The van der Waals surface area contributed by atoms with E-state index in [0.717, 1.165) is 17.7 Å². The van der Waals surface area contributed by atoms with Crippen LogP contribution in [0.4, 0.5) is 11.8 Å². The molecule has 0 fully saturated rings. The molecular formula is C20H24Cl2N5O2S+. The average molecular weight is 469 g/mol. The van der Waals surface area contributed by atoms with Crippen molar-refractivity contribution >= 4 is 57.6 Å². The van der Waals surface area contributed by atoms with E-state index in [1.54, 1.807) is 12.3 Å². The number of nitrogens with zero attached hydrogens (tertiary/aromatic N) is 2. The van der Waals surface area contributed by atoms with Gasteiger partial charge < -0.3 is 14.8 Å². The highest BCUT2D eigenvalue weighted by atomic mass is 35.5. The van der Waals surface area contributed by atoms with E-state index in [9.17, 15) is 0 Å². The second-order valence-electron chi connectivity index (χ2n) is 6.71. The zero-order chi connectivity index (χ0) is 21.8. The first-order valence-corrected chi connectivity index (χ1v) is 11.1. The largest absolute Gasteiger partial charge is 0.495 e. The molecule has 7 nitrogen and oxygen atoms in total. The van der Waals surface area contributed by atoms with Crippen molar-refractivity contribution in [3.05, 3.63) is 28.4 Å². The third kappa shape index (κ3) is 4.77. The summed E-state index contributed by atoms with van der Waals surface area (Å²) in [6.07, 6.45) is 1.77. The van der Waals surface area contributed by atoms with Crippen LogP contribution in [-0.4, -0.2) is 41.7 Å². The number of nitrogen functional groups attached to an aromatic ring is 1. The van der Waals surface area contributed by atoms with Gasteiger partial charge in [0.05, 0.1) is 41.5 Å². The molecule has 160 valence electrons. The lowest BCUT2D eigenvalue weighted by Crippen LogP contribution is -2.14. The number of nitrogens with two attached hydrogens (primary N) is 1. The van der Waals surface area contributed by atoms with Crippen LogP contribution in [0.5, 0.6) is 11.5 Å². The van der Waals surface area contributed by atoms with E-state index >= 15 is 0 Å². The van der Waals surface area contributed by atoms with Gasteiger partial charge in [0.2, 0.25) is 0 Å². The van der Waals surface area contributed by atoms with E-state index in [2.05, 4.69) is 29.1 Å². The van der Waals surface area contributed by atoms with E-state index in [1.165, 1.54) is 14.2 Å². The Morgan fingerprint density at radius 1 is 1.13 bits per heavy atom. The minimum Gasteiger partial charge on any atom is -0.495 e. The lowest BCUT2D eigenvalue weighted by molar-refractivity contribution is -0.362. The van der Waals surface area contributed by atoms with Crippen LogP contribution >= 0.6 is 35.0 Å². The molecule has 0 amide bonds. The molecule has 0 unspecified atom stereocenters. The molecule has 0 aliphatic heterocycles. The van der Waals surface area contributed by atoms with Crippen LogP contribution in [0, 0.1) is 0 Å². The number of hydrogen-bond donors (Lipinski definition) is 2. The number of hydrogen-bond acceptors (Lipinski definition) is 7. The first kappa shape index (κ1) is 22.5. The summed E-state index contributed by atoms with van der Waals surface area (Å²) in [4.78, 5) is 12.1. The number of aromatic amines is 1. The number of nitrogens with one attached hydrogen (secondary N) is 2. The molecule has 0 aliphatic carbocycles. The number of methoxy groups -OCH3 is 2. The summed E-state index contributed by atoms with van der Waals surface area (Å²) < 4.78 is 10.8. The first-order chi connectivity index (χ1) is 14.3. The quantitative estimate of drug-likeness (QED) is 0.467. The van der Waals surface area contributed by atoms with Gasteiger partial charge in [-0.2, -0.15) is 11.8 Å². The summed E-state index contributed by atoms with van der Waals surface area (Å²) in [5.41, 5.74) is 7.60. The average Bonchev–Trinajstić information content (AvgIpc) is 2.71. The fourth-order valence-corrected chi connectivity index (χ4v) is 4.30. The molecule has 0 atom stereocenters. The fourth-order valence-electron chi connectivity index (χ4n) is 2.92. The first-order valence-electron chi connectivity index (χ1n) is 9.30. The predicted octanol–water partition coefficient (Wildman–Crippen LogP) is 4.57. The molecule has 1 aromatic carbocycles. The monoisotopic (exact) mass is 468 g/mol. The molecule has 0 saturated heterocycles. The minimum atomic E-state index is 0.302. The normalized spacial score (nSPS) is 11.2. The number of pyridine rings is 1. The summed E-state index contributed by atoms with van der Waals surface area (Å²) >= 11 is 15.0. The summed E-state index contributed by atoms with van der Waals surface area (Å²) in [6, 6.07) is 3.49. The highest BCUT2D eigenvalue weighted by Crippen LogP contribution is 2.46. The number of H-pyrrole nitrogens is 1. The molecule has 0 bridgehead atoms. The molecule has 0 spiro atoms. The van der Waals surface area contributed by atoms with E-state index < -0.39 is 0 Å². The Morgan fingerprint density at radius 2 is 1.80 bits per heavy atom. The van der Waals surface area contributed by atoms with Gasteiger partial charge in [0.1, 0.15) is 11.5 Å². The molecule has 3 aromatic rings. The molecule has 0 radical (unpaired) electrons. The van der Waals surface area contributed by atoms with Crippen LogP contribution < -0.4 is 25.5 Å². The Bertz CT molecular complexity index is 1040. The molecule has 0 saturated carbocycles. The van der Waals surface area contributed by atoms with Gasteiger partial charge in [-0.25, -0.2) is 9.97 Å². The number of halogens is 2. The van der Waals surface area contributed by atoms with Gasteiger partial charge in [-0.15, -0.1) is 0 Å². The SMILES string of the molecule is COc1cc(OC)c(Cl)c(-c2cc3c[nH+]c(N)nc3c(NCCSC(C)C)n2)c1Cl. The summed E-state index contributed by atoms with van der Waals surface area (Å²) in [6.45, 7) is 5.05. The maximum absolute atomic E-state index is 6.60. The maximum atomic E-state index is 6.60. The Kier molecular flexibility index (Phi) is 7.33. The summed E-state index contributed by atoms with van der Waals surface area (Å²) in [7, 11) is 3.07. The van der Waals surface area contributed by atoms with Crippen LogP contribution in [-0.2, 0) is 0 Å². The van der Waals surface area contributed by atoms with E-state index in [1.807, 2.05) is 17.8 Å². The van der Waals surface area contributed by atoms with E-state index in [4.69, 9.17) is 43.4 Å². The number of aromatic nitrogens is 3. The Hall–Kier alpha value is -2.16. The number of benzene rings is 1.